The number of nitrogens with one attached hydrogen (secondary N) is 1. The normalized spacial score (nSPS) is 14.3. The van der Waals surface area contributed by atoms with Gasteiger partial charge in [0.1, 0.15) is 11.4 Å². The highest BCUT2D eigenvalue weighted by atomic mass is 16.5. The van der Waals surface area contributed by atoms with Gasteiger partial charge in [-0.3, -0.25) is 4.79 Å². The molecule has 0 fully saturated rings. The molecular weight excluding hydrogens is 234 g/mol. The molecule has 0 unspecified atom stereocenters. The summed E-state index contributed by atoms with van der Waals surface area (Å²) in [7, 11) is 0. The molecule has 0 atom stereocenters. The Hall–Kier alpha value is -2.50. The second-order valence-corrected chi connectivity index (χ2v) is 3.97. The molecule has 3 rings (SSSR count). The SMILES string of the molecule is Nc1cc(-c2ccc3c(c2)NC(=O)CCO3)no1. The van der Waals surface area contributed by atoms with Gasteiger partial charge >= 0.3 is 0 Å². The Morgan fingerprint density at radius 1 is 1.33 bits per heavy atom. The molecule has 18 heavy (non-hydrogen) atoms. The molecule has 0 bridgehead atoms. The van der Waals surface area contributed by atoms with E-state index in [-0.39, 0.29) is 11.8 Å². The third-order valence-electron chi connectivity index (χ3n) is 2.66. The maximum absolute atomic E-state index is 11.5. The van der Waals surface area contributed by atoms with Crippen LogP contribution in [0.2, 0.25) is 0 Å². The maximum Gasteiger partial charge on any atom is 0.227 e. The van der Waals surface area contributed by atoms with Crippen LogP contribution < -0.4 is 15.8 Å². The Balaban J connectivity index is 2.02. The molecule has 1 amide bonds. The van der Waals surface area contributed by atoms with Crippen molar-refractivity contribution in [2.75, 3.05) is 17.7 Å². The number of nitrogen functional groups attached to an aromatic ring is 1. The minimum atomic E-state index is -0.0643. The fraction of sp³-hybridized carbons (Fsp3) is 0.167. The van der Waals surface area contributed by atoms with Gasteiger partial charge in [-0.1, -0.05) is 5.16 Å². The molecule has 0 radical (unpaired) electrons. The van der Waals surface area contributed by atoms with Crippen LogP contribution in [0.1, 0.15) is 6.42 Å². The number of nitrogens with zero attached hydrogens (tertiary/aromatic N) is 1. The highest BCUT2D eigenvalue weighted by Gasteiger charge is 2.15. The van der Waals surface area contributed by atoms with Crippen LogP contribution >= 0.6 is 0 Å². The number of benzene rings is 1. The van der Waals surface area contributed by atoms with Gasteiger partial charge in [-0.05, 0) is 18.2 Å². The molecule has 0 saturated carbocycles. The third kappa shape index (κ3) is 1.88. The van der Waals surface area contributed by atoms with E-state index in [9.17, 15) is 4.79 Å². The summed E-state index contributed by atoms with van der Waals surface area (Å²) in [5.74, 6) is 0.840. The molecule has 0 aliphatic carbocycles. The molecule has 1 aliphatic rings. The summed E-state index contributed by atoms with van der Waals surface area (Å²) >= 11 is 0. The molecule has 6 nitrogen and oxygen atoms in total. The zero-order valence-corrected chi connectivity index (χ0v) is 9.47. The summed E-state index contributed by atoms with van der Waals surface area (Å²) in [5, 5.41) is 6.61. The van der Waals surface area contributed by atoms with Gasteiger partial charge in [0.2, 0.25) is 11.8 Å². The Morgan fingerprint density at radius 2 is 2.22 bits per heavy atom. The number of fused-ring (bicyclic) bond motifs is 1. The van der Waals surface area contributed by atoms with E-state index in [2.05, 4.69) is 10.5 Å². The molecule has 0 spiro atoms. The predicted octanol–water partition coefficient (Wildman–Crippen LogP) is 1.64. The lowest BCUT2D eigenvalue weighted by atomic mass is 10.1. The van der Waals surface area contributed by atoms with Crippen LogP contribution in [0, 0.1) is 0 Å². The second kappa shape index (κ2) is 4.06. The van der Waals surface area contributed by atoms with E-state index in [4.69, 9.17) is 15.0 Å². The van der Waals surface area contributed by atoms with Crippen LogP contribution in [0.15, 0.2) is 28.8 Å². The number of ether oxygens (including phenoxy) is 1. The second-order valence-electron chi connectivity index (χ2n) is 3.97. The minimum Gasteiger partial charge on any atom is -0.491 e. The highest BCUT2D eigenvalue weighted by Crippen LogP contribution is 2.32. The maximum atomic E-state index is 11.5. The monoisotopic (exact) mass is 245 g/mol. The number of aromatic nitrogens is 1. The molecular formula is C12H11N3O3. The number of carbonyl (C=O) groups excluding carboxylic acids is 1. The lowest BCUT2D eigenvalue weighted by Crippen LogP contribution is -2.10. The van der Waals surface area contributed by atoms with Crippen molar-refractivity contribution in [2.24, 2.45) is 0 Å². The first-order chi connectivity index (χ1) is 8.72. The molecule has 0 saturated heterocycles. The first-order valence-electron chi connectivity index (χ1n) is 5.51. The molecule has 1 aliphatic heterocycles. The zero-order chi connectivity index (χ0) is 12.5. The number of hydrogen-bond acceptors (Lipinski definition) is 5. The van der Waals surface area contributed by atoms with Crippen LogP contribution in [0.3, 0.4) is 0 Å². The summed E-state index contributed by atoms with van der Waals surface area (Å²) < 4.78 is 10.3. The lowest BCUT2D eigenvalue weighted by Gasteiger charge is -2.07. The smallest absolute Gasteiger partial charge is 0.227 e. The van der Waals surface area contributed by atoms with Crippen LogP contribution in [0.4, 0.5) is 11.6 Å². The Bertz CT molecular complexity index is 606. The molecule has 3 N–H and O–H groups in total. The van der Waals surface area contributed by atoms with Crippen molar-refractivity contribution >= 4 is 17.5 Å². The summed E-state index contributed by atoms with van der Waals surface area (Å²) in [6.07, 6.45) is 0.348. The Labute approximate surface area is 103 Å². The average molecular weight is 245 g/mol. The van der Waals surface area contributed by atoms with Crippen LogP contribution in [-0.4, -0.2) is 17.7 Å². The van der Waals surface area contributed by atoms with Crippen molar-refractivity contribution in [2.45, 2.75) is 6.42 Å². The van der Waals surface area contributed by atoms with E-state index in [0.717, 1.165) is 5.56 Å². The summed E-state index contributed by atoms with van der Waals surface area (Å²) in [5.41, 5.74) is 7.54. The van der Waals surface area contributed by atoms with Crippen molar-refractivity contribution in [3.63, 3.8) is 0 Å². The number of anilines is 2. The summed E-state index contributed by atoms with van der Waals surface area (Å²) in [6.45, 7) is 0.384. The predicted molar refractivity (Wildman–Crippen MR) is 65.1 cm³/mol. The topological polar surface area (TPSA) is 90.4 Å². The van der Waals surface area contributed by atoms with Gasteiger partial charge in [-0.15, -0.1) is 0 Å². The summed E-state index contributed by atoms with van der Waals surface area (Å²) in [6, 6.07) is 7.05. The van der Waals surface area contributed by atoms with Crippen molar-refractivity contribution in [3.05, 3.63) is 24.3 Å². The highest BCUT2D eigenvalue weighted by molar-refractivity contribution is 5.94. The van der Waals surface area contributed by atoms with Gasteiger partial charge in [-0.25, -0.2) is 0 Å². The molecule has 6 heteroatoms. The number of amides is 1. The molecule has 2 aromatic rings. The van der Waals surface area contributed by atoms with Crippen LogP contribution in [0.5, 0.6) is 5.75 Å². The molecule has 92 valence electrons. The Kier molecular flexibility index (Phi) is 2.40. The standard InChI is InChI=1S/C12H11N3O3/c13-11-6-8(15-18-11)7-1-2-10-9(5-7)14-12(16)3-4-17-10/h1-2,5-6H,3-4,13H2,(H,14,16). The van der Waals surface area contributed by atoms with Crippen molar-refractivity contribution < 1.29 is 14.1 Å². The number of rotatable bonds is 1. The number of carbonyl (C=O) groups is 1. The van der Waals surface area contributed by atoms with E-state index in [1.54, 1.807) is 18.2 Å². The third-order valence-corrected chi connectivity index (χ3v) is 2.66. The van der Waals surface area contributed by atoms with Gasteiger partial charge in [0.25, 0.3) is 0 Å². The van der Waals surface area contributed by atoms with Crippen molar-refractivity contribution in [1.29, 1.82) is 0 Å². The molecule has 1 aromatic heterocycles. The van der Waals surface area contributed by atoms with E-state index in [1.165, 1.54) is 0 Å². The summed E-state index contributed by atoms with van der Waals surface area (Å²) in [4.78, 5) is 11.5. The van der Waals surface area contributed by atoms with Crippen molar-refractivity contribution in [3.8, 4) is 17.0 Å². The fourth-order valence-electron chi connectivity index (χ4n) is 1.80. The zero-order valence-electron chi connectivity index (χ0n) is 9.47. The first kappa shape index (κ1) is 10.6. The van der Waals surface area contributed by atoms with E-state index < -0.39 is 0 Å². The lowest BCUT2D eigenvalue weighted by molar-refractivity contribution is -0.116. The van der Waals surface area contributed by atoms with Crippen molar-refractivity contribution in [1.82, 2.24) is 5.16 Å². The van der Waals surface area contributed by atoms with E-state index in [1.807, 2.05) is 6.07 Å². The van der Waals surface area contributed by atoms with E-state index >= 15 is 0 Å². The average Bonchev–Trinajstić information content (AvgIpc) is 2.69. The molecule has 2 heterocycles. The number of nitrogens with two attached hydrogens (primary N) is 1. The van der Waals surface area contributed by atoms with Gasteiger partial charge in [0.05, 0.1) is 18.7 Å². The fourth-order valence-corrected chi connectivity index (χ4v) is 1.80. The van der Waals surface area contributed by atoms with Gasteiger partial charge < -0.3 is 20.3 Å². The quantitative estimate of drug-likeness (QED) is 0.797. The van der Waals surface area contributed by atoms with E-state index in [0.29, 0.717) is 30.2 Å². The van der Waals surface area contributed by atoms with Gasteiger partial charge in [0.15, 0.2) is 0 Å². The molecule has 1 aromatic carbocycles. The first-order valence-corrected chi connectivity index (χ1v) is 5.51. The number of hydrogen-bond donors (Lipinski definition) is 2. The van der Waals surface area contributed by atoms with Gasteiger partial charge in [0, 0.05) is 11.6 Å². The Morgan fingerprint density at radius 3 is 3.00 bits per heavy atom. The minimum absolute atomic E-state index is 0.0643. The van der Waals surface area contributed by atoms with Gasteiger partial charge in [-0.2, -0.15) is 0 Å². The largest absolute Gasteiger partial charge is 0.491 e. The van der Waals surface area contributed by atoms with Crippen LogP contribution in [0.25, 0.3) is 11.3 Å². The van der Waals surface area contributed by atoms with Crippen LogP contribution in [-0.2, 0) is 4.79 Å².